The molecule has 0 radical (unpaired) electrons. The summed E-state index contributed by atoms with van der Waals surface area (Å²) in [5.74, 6) is -14.6. The van der Waals surface area contributed by atoms with Crippen molar-refractivity contribution in [1.82, 2.24) is 46.6 Å². The Hall–Kier alpha value is -8.49. The lowest BCUT2D eigenvalue weighted by Crippen LogP contribution is -2.60. The van der Waals surface area contributed by atoms with Gasteiger partial charge in [-0.05, 0) is 57.6 Å². The van der Waals surface area contributed by atoms with Crippen LogP contribution in [0.15, 0.2) is 23.0 Å². The van der Waals surface area contributed by atoms with Gasteiger partial charge in [0.1, 0.15) is 54.2 Å². The molecule has 1 saturated heterocycles. The molecule has 3 aliphatic heterocycles. The van der Waals surface area contributed by atoms with E-state index in [4.69, 9.17) is 10.8 Å². The Kier molecular flexibility index (Phi) is 21.5. The molecule has 416 valence electrons. The number of anilines is 2. The number of pyridine rings is 1. The molecule has 0 saturated carbocycles. The van der Waals surface area contributed by atoms with Gasteiger partial charge in [-0.2, -0.15) is 0 Å². The fourth-order valence-electron chi connectivity index (χ4n) is 7.80. The zero-order valence-electron chi connectivity index (χ0n) is 40.9. The number of nitrogens with two attached hydrogens (primary N) is 1. The number of fused-ring (bicyclic) bond motifs is 3. The summed E-state index contributed by atoms with van der Waals surface area (Å²) < 4.78 is 1.50. The Bertz CT molecular complexity index is 2610. The third-order valence-electron chi connectivity index (χ3n) is 11.9. The highest BCUT2D eigenvalue weighted by molar-refractivity contribution is 6.00. The summed E-state index contributed by atoms with van der Waals surface area (Å²) in [4.78, 5) is 165. The van der Waals surface area contributed by atoms with E-state index in [0.29, 0.717) is 11.5 Å². The number of piperidine rings is 1. The van der Waals surface area contributed by atoms with Gasteiger partial charge in [-0.3, -0.25) is 72.7 Å². The number of phenols is 1. The third-order valence-corrected chi connectivity index (χ3v) is 11.9. The van der Waals surface area contributed by atoms with E-state index in [0.717, 1.165) is 26.0 Å². The van der Waals surface area contributed by atoms with Crippen molar-refractivity contribution in [2.75, 3.05) is 30.3 Å². The number of amides is 9. The largest absolute Gasteiger partial charge is 0.504 e. The van der Waals surface area contributed by atoms with Crippen LogP contribution in [0.2, 0.25) is 0 Å². The first-order valence-electron chi connectivity index (χ1n) is 23.5. The molecule has 4 rings (SSSR count). The highest BCUT2D eigenvalue weighted by Crippen LogP contribution is 2.37. The molecule has 32 heteroatoms. The number of hydroxylamine groups is 4. The highest BCUT2D eigenvalue weighted by Gasteiger charge is 2.37. The zero-order valence-corrected chi connectivity index (χ0v) is 40.9. The van der Waals surface area contributed by atoms with Gasteiger partial charge in [0.15, 0.2) is 5.75 Å². The molecule has 0 aromatic rings. The van der Waals surface area contributed by atoms with Crippen molar-refractivity contribution >= 4 is 82.6 Å². The van der Waals surface area contributed by atoms with Crippen LogP contribution in [0.25, 0.3) is 11.3 Å². The van der Waals surface area contributed by atoms with Crippen LogP contribution in [-0.4, -0.2) is 190 Å². The van der Waals surface area contributed by atoms with Crippen LogP contribution in [0, 0.1) is 0 Å². The third kappa shape index (κ3) is 16.8. The molecule has 3 heterocycles. The summed E-state index contributed by atoms with van der Waals surface area (Å²) in [5.41, 5.74) is 5.29. The minimum Gasteiger partial charge on any atom is -0.504 e. The number of hydrogen-bond acceptors (Lipinski definition) is 19. The van der Waals surface area contributed by atoms with E-state index >= 15 is 0 Å². The number of benzene rings is 1. The monoisotopic (exact) mass is 1080 g/mol. The van der Waals surface area contributed by atoms with Gasteiger partial charge >= 0.3 is 17.9 Å². The SMILES string of the molecule is CC(=O)N(O)CCC[C@@H](NC(=O)[C@H](CC(=O)O)NC(=O)[C@H](C)NC(=O)[C@H](CC(=O)O)NC(=O)[C@@H]1CCn2c3cc(=O)c(O)cc-3cc(NC(=O)CC[C@H](N)C(=O)O)c2N1)C(=O)N[C@@H](CO)C(=O)N[C@H]1CCCN(O)C1=O. The average molecular weight is 1080 g/mol. The second-order valence-corrected chi connectivity index (χ2v) is 17.8. The molecular weight excluding hydrogens is 1020 g/mol. The number of aliphatic hydroxyl groups excluding tert-OH is 1. The lowest BCUT2D eigenvalue weighted by atomic mass is 10.0. The van der Waals surface area contributed by atoms with Crippen molar-refractivity contribution in [3.63, 3.8) is 0 Å². The number of carboxylic acid groups (broad SMARTS) is 3. The van der Waals surface area contributed by atoms with E-state index in [2.05, 4.69) is 42.5 Å². The Morgan fingerprint density at radius 2 is 1.39 bits per heavy atom. The molecule has 0 unspecified atom stereocenters. The smallest absolute Gasteiger partial charge is 0.320 e. The molecule has 76 heavy (non-hydrogen) atoms. The topological polar surface area (TPSA) is 497 Å². The minimum absolute atomic E-state index is 0.00125. The summed E-state index contributed by atoms with van der Waals surface area (Å²) >= 11 is 0. The number of carboxylic acids is 3. The summed E-state index contributed by atoms with van der Waals surface area (Å²) in [5, 5.41) is 87.5. The molecule has 0 bridgehead atoms. The van der Waals surface area contributed by atoms with Crippen LogP contribution in [0.3, 0.4) is 0 Å². The molecular formula is C44H60N12O20. The maximum absolute atomic E-state index is 13.8. The highest BCUT2D eigenvalue weighted by atomic mass is 16.5. The fourth-order valence-corrected chi connectivity index (χ4v) is 7.80. The Morgan fingerprint density at radius 3 is 2.01 bits per heavy atom. The number of carbonyl (C=O) groups excluding carboxylic acids is 9. The lowest BCUT2D eigenvalue weighted by Gasteiger charge is -2.33. The molecule has 0 aromatic carbocycles. The number of aliphatic hydroxyl groups is 1. The molecule has 1 aliphatic carbocycles. The molecule has 9 amide bonds. The van der Waals surface area contributed by atoms with Gasteiger partial charge in [-0.1, -0.05) is 0 Å². The van der Waals surface area contributed by atoms with Crippen molar-refractivity contribution in [3.8, 4) is 17.0 Å². The van der Waals surface area contributed by atoms with Crippen LogP contribution >= 0.6 is 0 Å². The molecule has 4 aliphatic rings. The normalized spacial score (nSPS) is 17.3. The Balaban J connectivity index is 1.48. The predicted molar refractivity (Wildman–Crippen MR) is 254 cm³/mol. The molecule has 32 nitrogen and oxygen atoms in total. The van der Waals surface area contributed by atoms with E-state index in [9.17, 15) is 93.2 Å². The van der Waals surface area contributed by atoms with Gasteiger partial charge in [0.2, 0.25) is 52.7 Å². The number of nitrogens with one attached hydrogen (secondary N) is 8. The van der Waals surface area contributed by atoms with E-state index in [1.165, 1.54) is 10.6 Å². The first-order chi connectivity index (χ1) is 35.7. The lowest BCUT2D eigenvalue weighted by molar-refractivity contribution is -0.173. The summed E-state index contributed by atoms with van der Waals surface area (Å²) in [6, 6.07) is -9.36. The molecule has 0 aromatic heterocycles. The van der Waals surface area contributed by atoms with Crippen molar-refractivity contribution in [2.24, 2.45) is 5.73 Å². The average Bonchev–Trinajstić information content (AvgIpc) is 3.35. The second kappa shape index (κ2) is 27.2. The van der Waals surface area contributed by atoms with Crippen molar-refractivity contribution < 1.29 is 93.5 Å². The first kappa shape index (κ1) is 60.1. The van der Waals surface area contributed by atoms with Crippen molar-refractivity contribution in [1.29, 1.82) is 0 Å². The number of aromatic hydroxyl groups is 1. The van der Waals surface area contributed by atoms with E-state index < -0.39 is 163 Å². The minimum atomic E-state index is -2.02. The maximum Gasteiger partial charge on any atom is 0.320 e. The maximum atomic E-state index is 13.8. The molecule has 0 spiro atoms. The van der Waals surface area contributed by atoms with Gasteiger partial charge in [0.05, 0.1) is 30.8 Å². The zero-order chi connectivity index (χ0) is 56.7. The van der Waals surface area contributed by atoms with Gasteiger partial charge in [0, 0.05) is 44.6 Å². The van der Waals surface area contributed by atoms with Crippen molar-refractivity contribution in [3.05, 3.63) is 28.4 Å². The van der Waals surface area contributed by atoms with E-state index in [1.807, 2.05) is 0 Å². The van der Waals surface area contributed by atoms with Gasteiger partial charge < -0.3 is 78.4 Å². The molecule has 1 fully saturated rings. The van der Waals surface area contributed by atoms with Crippen LogP contribution in [0.1, 0.15) is 71.6 Å². The Labute approximate surface area is 429 Å². The predicted octanol–water partition coefficient (Wildman–Crippen LogP) is -5.13. The first-order valence-corrected chi connectivity index (χ1v) is 23.5. The van der Waals surface area contributed by atoms with Crippen molar-refractivity contribution in [2.45, 2.75) is 127 Å². The number of aromatic nitrogens is 1. The van der Waals surface area contributed by atoms with Gasteiger partial charge in [0.25, 0.3) is 5.91 Å². The summed E-state index contributed by atoms with van der Waals surface area (Å²) in [6.07, 6.45) is -3.15. The van der Waals surface area contributed by atoms with Crippen LogP contribution in [0.5, 0.6) is 5.75 Å². The van der Waals surface area contributed by atoms with Crippen LogP contribution in [-0.2, 0) is 64.1 Å². The molecule has 8 atom stereocenters. The number of aliphatic carboxylic acids is 3. The summed E-state index contributed by atoms with van der Waals surface area (Å²) in [7, 11) is 0. The fraction of sp³-hybridized carbons (Fsp3) is 0.523. The number of nitrogens with zero attached hydrogens (tertiary/aromatic N) is 3. The number of phenolic OH excluding ortho intramolecular Hbond substituents is 1. The summed E-state index contributed by atoms with van der Waals surface area (Å²) in [6.45, 7) is 0.565. The van der Waals surface area contributed by atoms with E-state index in [-0.39, 0.29) is 73.0 Å². The number of carbonyl (C=O) groups is 12. The number of hydrogen-bond donors (Lipinski definition) is 16. The number of rotatable bonds is 26. The van der Waals surface area contributed by atoms with Crippen LogP contribution in [0.4, 0.5) is 11.5 Å². The Morgan fingerprint density at radius 1 is 0.789 bits per heavy atom. The van der Waals surface area contributed by atoms with Crippen LogP contribution < -0.4 is 53.7 Å². The van der Waals surface area contributed by atoms with Gasteiger partial charge in [-0.25, -0.2) is 10.1 Å². The molecule has 17 N–H and O–H groups in total. The quantitative estimate of drug-likeness (QED) is 0.0309. The van der Waals surface area contributed by atoms with Gasteiger partial charge in [-0.15, -0.1) is 0 Å². The van der Waals surface area contributed by atoms with E-state index in [1.54, 1.807) is 0 Å². The standard InChI is InChI=1S/C44H60N12O20/c1-19(37(66)51-28(16-35(64)65)41(70)49-23(5-3-10-55(75)20(2)58)38(67)53-29(18-57)42(71)50-25-6-4-11-56(76)43(25)72)46-40(69)27(15-34(62)63)52-39(68)24-9-12-54-30-17-32(60)31(59)14-21(30)13-26(36(54)48-24)47-33(61)8-7-22(45)44(73)74/h13-14,17,19,22-25,27-29,48,57,59,75-76H,3-12,15-16,18,45H2,1-2H3,(H,46,69)(H,47,61)(H,49,70)(H,50,71)(H,51,66)(H,52,68)(H,53,67)(H,62,63)(H,64,65)(H,73,74)/t19-,22-,23+,24-,25-,27-,28-,29-/m0/s1. The second-order valence-electron chi connectivity index (χ2n) is 17.8.